The van der Waals surface area contributed by atoms with E-state index < -0.39 is 0 Å². The van der Waals surface area contributed by atoms with Crippen molar-refractivity contribution in [1.29, 1.82) is 0 Å². The summed E-state index contributed by atoms with van der Waals surface area (Å²) in [5, 5.41) is 3.57. The van der Waals surface area contributed by atoms with Crippen LogP contribution in [0.4, 0.5) is 5.69 Å². The van der Waals surface area contributed by atoms with Crippen molar-refractivity contribution in [3.8, 4) is 5.75 Å². The smallest absolute Gasteiger partial charge is 0.123 e. The molecule has 1 aromatic rings. The zero-order chi connectivity index (χ0) is 12.4. The third-order valence-corrected chi connectivity index (χ3v) is 4.12. The first kappa shape index (κ1) is 11.8. The Labute approximate surface area is 109 Å². The molecule has 3 rings (SSSR count). The molecular formula is C15H22N2O. The number of benzene rings is 1. The lowest BCUT2D eigenvalue weighted by Crippen LogP contribution is -2.19. The lowest BCUT2D eigenvalue weighted by molar-refractivity contribution is 0.403. The van der Waals surface area contributed by atoms with Gasteiger partial charge in [0.1, 0.15) is 5.75 Å². The quantitative estimate of drug-likeness (QED) is 0.887. The maximum Gasteiger partial charge on any atom is 0.123 e. The zero-order valence-corrected chi connectivity index (χ0v) is 11.1. The second kappa shape index (κ2) is 5.19. The molecular weight excluding hydrogens is 224 g/mol. The van der Waals surface area contributed by atoms with Crippen molar-refractivity contribution in [1.82, 2.24) is 5.32 Å². The molecule has 18 heavy (non-hydrogen) atoms. The van der Waals surface area contributed by atoms with Gasteiger partial charge in [-0.1, -0.05) is 0 Å². The minimum absolute atomic E-state index is 0.475. The van der Waals surface area contributed by atoms with Gasteiger partial charge in [0.05, 0.1) is 7.11 Å². The summed E-state index contributed by atoms with van der Waals surface area (Å²) in [6.07, 6.45) is 5.13. The summed E-state index contributed by atoms with van der Waals surface area (Å²) in [6.45, 7) is 3.52. The Morgan fingerprint density at radius 1 is 1.22 bits per heavy atom. The normalized spacial score (nSPS) is 23.6. The number of nitrogens with one attached hydrogen (secondary N) is 1. The molecule has 1 unspecified atom stereocenters. The summed E-state index contributed by atoms with van der Waals surface area (Å²) in [5.41, 5.74) is 2.69. The lowest BCUT2D eigenvalue weighted by atomic mass is 10.0. The molecule has 1 atom stereocenters. The second-order valence-electron chi connectivity index (χ2n) is 5.27. The SMILES string of the molecule is COc1ccc(N2CCCC2)cc1C1CCCN1. The van der Waals surface area contributed by atoms with Crippen molar-refractivity contribution < 1.29 is 4.74 Å². The molecule has 2 fully saturated rings. The van der Waals surface area contributed by atoms with Crippen LogP contribution in [0.25, 0.3) is 0 Å². The van der Waals surface area contributed by atoms with Crippen molar-refractivity contribution in [2.45, 2.75) is 31.7 Å². The molecule has 1 aromatic carbocycles. The summed E-state index contributed by atoms with van der Waals surface area (Å²) in [7, 11) is 1.77. The molecule has 2 heterocycles. The van der Waals surface area contributed by atoms with Crippen LogP contribution in [0.3, 0.4) is 0 Å². The molecule has 0 radical (unpaired) electrons. The fraction of sp³-hybridized carbons (Fsp3) is 0.600. The Bertz CT molecular complexity index is 407. The molecule has 0 spiro atoms. The first-order chi connectivity index (χ1) is 8.88. The number of anilines is 1. The summed E-state index contributed by atoms with van der Waals surface area (Å²) >= 11 is 0. The van der Waals surface area contributed by atoms with Gasteiger partial charge in [0.2, 0.25) is 0 Å². The topological polar surface area (TPSA) is 24.5 Å². The highest BCUT2D eigenvalue weighted by Gasteiger charge is 2.21. The summed E-state index contributed by atoms with van der Waals surface area (Å²) in [6, 6.07) is 7.13. The van der Waals surface area contributed by atoms with E-state index >= 15 is 0 Å². The minimum Gasteiger partial charge on any atom is -0.496 e. The van der Waals surface area contributed by atoms with Crippen LogP contribution in [-0.4, -0.2) is 26.7 Å². The molecule has 0 saturated carbocycles. The largest absolute Gasteiger partial charge is 0.496 e. The van der Waals surface area contributed by atoms with E-state index in [2.05, 4.69) is 28.4 Å². The molecule has 2 aliphatic rings. The molecule has 98 valence electrons. The van der Waals surface area contributed by atoms with Crippen LogP contribution in [0.15, 0.2) is 18.2 Å². The van der Waals surface area contributed by atoms with Crippen molar-refractivity contribution in [3.05, 3.63) is 23.8 Å². The van der Waals surface area contributed by atoms with Crippen molar-refractivity contribution in [2.75, 3.05) is 31.6 Å². The predicted octanol–water partition coefficient (Wildman–Crippen LogP) is 2.72. The van der Waals surface area contributed by atoms with Crippen LogP contribution in [0.2, 0.25) is 0 Å². The monoisotopic (exact) mass is 246 g/mol. The van der Waals surface area contributed by atoms with E-state index in [1.54, 1.807) is 7.11 Å². The van der Waals surface area contributed by atoms with Crippen LogP contribution in [0, 0.1) is 0 Å². The highest BCUT2D eigenvalue weighted by molar-refractivity contribution is 5.54. The van der Waals surface area contributed by atoms with E-state index in [0.29, 0.717) is 6.04 Å². The zero-order valence-electron chi connectivity index (χ0n) is 11.1. The lowest BCUT2D eigenvalue weighted by Gasteiger charge is -2.22. The molecule has 0 aliphatic carbocycles. The van der Waals surface area contributed by atoms with E-state index in [4.69, 9.17) is 4.74 Å². The predicted molar refractivity (Wildman–Crippen MR) is 74.4 cm³/mol. The van der Waals surface area contributed by atoms with E-state index in [-0.39, 0.29) is 0 Å². The van der Waals surface area contributed by atoms with Gasteiger partial charge in [-0.3, -0.25) is 0 Å². The number of hydrogen-bond acceptors (Lipinski definition) is 3. The van der Waals surface area contributed by atoms with Crippen molar-refractivity contribution in [2.24, 2.45) is 0 Å². The Hall–Kier alpha value is -1.22. The molecule has 0 aromatic heterocycles. The summed E-state index contributed by atoms with van der Waals surface area (Å²) < 4.78 is 5.52. The fourth-order valence-electron chi connectivity index (χ4n) is 3.12. The molecule has 1 N–H and O–H groups in total. The number of hydrogen-bond donors (Lipinski definition) is 1. The van der Waals surface area contributed by atoms with Gasteiger partial charge in [-0.15, -0.1) is 0 Å². The van der Waals surface area contributed by atoms with E-state index in [9.17, 15) is 0 Å². The highest BCUT2D eigenvalue weighted by Crippen LogP contribution is 2.34. The fourth-order valence-corrected chi connectivity index (χ4v) is 3.12. The molecule has 3 heteroatoms. The van der Waals surface area contributed by atoms with Gasteiger partial charge in [0.25, 0.3) is 0 Å². The van der Waals surface area contributed by atoms with E-state index in [1.165, 1.54) is 50.0 Å². The van der Waals surface area contributed by atoms with Gasteiger partial charge >= 0.3 is 0 Å². The summed E-state index contributed by atoms with van der Waals surface area (Å²) in [4.78, 5) is 2.48. The third-order valence-electron chi connectivity index (χ3n) is 4.12. The standard InChI is InChI=1S/C15H22N2O/c1-18-15-7-6-12(17-9-2-3-10-17)11-13(15)14-5-4-8-16-14/h6-7,11,14,16H,2-5,8-10H2,1H3. The third kappa shape index (κ3) is 2.19. The maximum absolute atomic E-state index is 5.52. The highest BCUT2D eigenvalue weighted by atomic mass is 16.5. The van der Waals surface area contributed by atoms with Crippen LogP contribution in [0.5, 0.6) is 5.75 Å². The van der Waals surface area contributed by atoms with Crippen molar-refractivity contribution in [3.63, 3.8) is 0 Å². The Morgan fingerprint density at radius 3 is 2.72 bits per heavy atom. The van der Waals surface area contributed by atoms with E-state index in [0.717, 1.165) is 12.3 Å². The van der Waals surface area contributed by atoms with Gasteiger partial charge in [0.15, 0.2) is 0 Å². The number of ether oxygens (including phenoxy) is 1. The van der Waals surface area contributed by atoms with Crippen LogP contribution < -0.4 is 15.0 Å². The van der Waals surface area contributed by atoms with Gasteiger partial charge < -0.3 is 15.0 Å². The summed E-state index contributed by atoms with van der Waals surface area (Å²) in [5.74, 6) is 1.03. The van der Waals surface area contributed by atoms with Crippen LogP contribution in [-0.2, 0) is 0 Å². The minimum atomic E-state index is 0.475. The average molecular weight is 246 g/mol. The van der Waals surface area contributed by atoms with Gasteiger partial charge in [-0.05, 0) is 50.4 Å². The Balaban J connectivity index is 1.90. The first-order valence-corrected chi connectivity index (χ1v) is 7.05. The molecule has 0 amide bonds. The van der Waals surface area contributed by atoms with Gasteiger partial charge in [-0.25, -0.2) is 0 Å². The molecule has 0 bridgehead atoms. The molecule has 2 aliphatic heterocycles. The molecule has 2 saturated heterocycles. The second-order valence-corrected chi connectivity index (χ2v) is 5.27. The first-order valence-electron chi connectivity index (χ1n) is 7.05. The average Bonchev–Trinajstić information content (AvgIpc) is 3.11. The van der Waals surface area contributed by atoms with Gasteiger partial charge in [0, 0.05) is 30.4 Å². The number of nitrogens with zero attached hydrogens (tertiary/aromatic N) is 1. The Kier molecular flexibility index (Phi) is 3.41. The Morgan fingerprint density at radius 2 is 2.06 bits per heavy atom. The molecule has 3 nitrogen and oxygen atoms in total. The van der Waals surface area contributed by atoms with Crippen LogP contribution >= 0.6 is 0 Å². The van der Waals surface area contributed by atoms with Crippen LogP contribution in [0.1, 0.15) is 37.3 Å². The van der Waals surface area contributed by atoms with Crippen molar-refractivity contribution >= 4 is 5.69 Å². The number of rotatable bonds is 3. The van der Waals surface area contributed by atoms with Gasteiger partial charge in [-0.2, -0.15) is 0 Å². The number of methoxy groups -OCH3 is 1. The van der Waals surface area contributed by atoms with E-state index in [1.807, 2.05) is 0 Å². The maximum atomic E-state index is 5.52.